The summed E-state index contributed by atoms with van der Waals surface area (Å²) in [5.41, 5.74) is -0.574. The van der Waals surface area contributed by atoms with E-state index in [1.165, 1.54) is 12.1 Å². The fourth-order valence-electron chi connectivity index (χ4n) is 2.24. The third kappa shape index (κ3) is 3.35. The Hall–Kier alpha value is -1.91. The minimum absolute atomic E-state index is 0.117. The Kier molecular flexibility index (Phi) is 4.06. The maximum atomic E-state index is 13.0. The topological polar surface area (TPSA) is 55.4 Å². The van der Waals surface area contributed by atoms with E-state index in [2.05, 4.69) is 5.32 Å². The number of halogens is 1. The first kappa shape index (κ1) is 14.5. The number of hydrogen-bond donors (Lipinski definition) is 1. The second kappa shape index (κ2) is 5.61. The Bertz CT molecular complexity index is 522. The van der Waals surface area contributed by atoms with Gasteiger partial charge in [-0.05, 0) is 26.0 Å². The molecule has 0 heterocycles. The SMILES string of the molecule is CC(CNC(=O)C1(C)CC(=O)C1)Oc1cccc(F)c1. The van der Waals surface area contributed by atoms with Crippen molar-refractivity contribution in [1.29, 1.82) is 0 Å². The van der Waals surface area contributed by atoms with Crippen LogP contribution in [0, 0.1) is 11.2 Å². The first-order chi connectivity index (χ1) is 9.39. The van der Waals surface area contributed by atoms with Crippen molar-refractivity contribution in [1.82, 2.24) is 5.32 Å². The lowest BCUT2D eigenvalue weighted by molar-refractivity contribution is -0.146. The largest absolute Gasteiger partial charge is 0.489 e. The van der Waals surface area contributed by atoms with E-state index < -0.39 is 5.41 Å². The molecule has 108 valence electrons. The van der Waals surface area contributed by atoms with Crippen molar-refractivity contribution in [2.24, 2.45) is 5.41 Å². The van der Waals surface area contributed by atoms with Gasteiger partial charge in [-0.1, -0.05) is 6.07 Å². The van der Waals surface area contributed by atoms with Crippen LogP contribution in [0.15, 0.2) is 24.3 Å². The average molecular weight is 279 g/mol. The van der Waals surface area contributed by atoms with Crippen LogP contribution >= 0.6 is 0 Å². The Morgan fingerprint density at radius 1 is 1.50 bits per heavy atom. The van der Waals surface area contributed by atoms with Gasteiger partial charge in [-0.25, -0.2) is 4.39 Å². The van der Waals surface area contributed by atoms with E-state index in [-0.39, 0.29) is 23.6 Å². The van der Waals surface area contributed by atoms with Crippen molar-refractivity contribution in [3.63, 3.8) is 0 Å². The molecule has 1 aliphatic carbocycles. The van der Waals surface area contributed by atoms with E-state index in [4.69, 9.17) is 4.74 Å². The summed E-state index contributed by atoms with van der Waals surface area (Å²) in [6, 6.07) is 5.86. The predicted molar refractivity (Wildman–Crippen MR) is 71.8 cm³/mol. The highest BCUT2D eigenvalue weighted by Gasteiger charge is 2.45. The number of Topliss-reactive ketones (excluding diaryl/α,β-unsaturated/α-hetero) is 1. The Morgan fingerprint density at radius 2 is 2.20 bits per heavy atom. The minimum Gasteiger partial charge on any atom is -0.489 e. The summed E-state index contributed by atoms with van der Waals surface area (Å²) in [6.07, 6.45) is 0.329. The number of rotatable bonds is 5. The maximum absolute atomic E-state index is 13.0. The number of carbonyl (C=O) groups is 2. The summed E-state index contributed by atoms with van der Waals surface area (Å²) in [5, 5.41) is 2.77. The molecule has 0 aliphatic heterocycles. The van der Waals surface area contributed by atoms with Gasteiger partial charge in [0.05, 0.1) is 12.0 Å². The van der Waals surface area contributed by atoms with Crippen LogP contribution in [0.2, 0.25) is 0 Å². The van der Waals surface area contributed by atoms with E-state index in [1.54, 1.807) is 26.0 Å². The molecule has 0 spiro atoms. The molecule has 1 unspecified atom stereocenters. The van der Waals surface area contributed by atoms with Gasteiger partial charge < -0.3 is 10.1 Å². The van der Waals surface area contributed by atoms with Gasteiger partial charge in [0.25, 0.3) is 0 Å². The molecule has 1 aliphatic rings. The summed E-state index contributed by atoms with van der Waals surface area (Å²) in [6.45, 7) is 3.89. The van der Waals surface area contributed by atoms with Crippen LogP contribution in [0.25, 0.3) is 0 Å². The average Bonchev–Trinajstić information content (AvgIpc) is 2.34. The number of nitrogens with one attached hydrogen (secondary N) is 1. The zero-order valence-corrected chi connectivity index (χ0v) is 11.6. The maximum Gasteiger partial charge on any atom is 0.226 e. The first-order valence-corrected chi connectivity index (χ1v) is 6.61. The molecular formula is C15H18FNO3. The molecule has 2 rings (SSSR count). The van der Waals surface area contributed by atoms with E-state index in [0.29, 0.717) is 25.1 Å². The Morgan fingerprint density at radius 3 is 2.80 bits per heavy atom. The van der Waals surface area contributed by atoms with Crippen molar-refractivity contribution < 1.29 is 18.7 Å². The summed E-state index contributed by atoms with van der Waals surface area (Å²) in [7, 11) is 0. The molecule has 20 heavy (non-hydrogen) atoms. The highest BCUT2D eigenvalue weighted by atomic mass is 19.1. The van der Waals surface area contributed by atoms with Gasteiger partial charge in [-0.3, -0.25) is 9.59 Å². The summed E-state index contributed by atoms with van der Waals surface area (Å²) in [5.74, 6) is 0.0505. The number of benzene rings is 1. The molecule has 0 saturated heterocycles. The van der Waals surface area contributed by atoms with Gasteiger partial charge in [0, 0.05) is 18.9 Å². The molecule has 0 bridgehead atoms. The number of ketones is 1. The molecule has 5 heteroatoms. The number of ether oxygens (including phenoxy) is 1. The lowest BCUT2D eigenvalue weighted by Gasteiger charge is -2.35. The molecule has 1 amide bonds. The zero-order valence-electron chi connectivity index (χ0n) is 11.6. The zero-order chi connectivity index (χ0) is 14.8. The second-order valence-corrected chi connectivity index (χ2v) is 5.55. The van der Waals surface area contributed by atoms with Crippen molar-refractivity contribution in [3.8, 4) is 5.75 Å². The predicted octanol–water partition coefficient (Wildman–Crippen LogP) is 2.08. The smallest absolute Gasteiger partial charge is 0.226 e. The van der Waals surface area contributed by atoms with Crippen LogP contribution in [0.5, 0.6) is 5.75 Å². The van der Waals surface area contributed by atoms with Gasteiger partial charge in [0.2, 0.25) is 5.91 Å². The van der Waals surface area contributed by atoms with Crippen LogP contribution < -0.4 is 10.1 Å². The van der Waals surface area contributed by atoms with E-state index >= 15 is 0 Å². The number of amides is 1. The summed E-state index contributed by atoms with van der Waals surface area (Å²) in [4.78, 5) is 22.9. The lowest BCUT2D eigenvalue weighted by atomic mass is 9.69. The van der Waals surface area contributed by atoms with E-state index in [1.807, 2.05) is 0 Å². The van der Waals surface area contributed by atoms with Crippen molar-refractivity contribution in [2.45, 2.75) is 32.8 Å². The Labute approximate surface area is 117 Å². The molecule has 1 aromatic rings. The minimum atomic E-state index is -0.574. The van der Waals surface area contributed by atoms with E-state index in [0.717, 1.165) is 0 Å². The van der Waals surface area contributed by atoms with E-state index in [9.17, 15) is 14.0 Å². The van der Waals surface area contributed by atoms with Crippen LogP contribution in [-0.2, 0) is 9.59 Å². The monoisotopic (exact) mass is 279 g/mol. The van der Waals surface area contributed by atoms with Gasteiger partial charge in [-0.15, -0.1) is 0 Å². The van der Waals surface area contributed by atoms with Crippen molar-refractivity contribution in [3.05, 3.63) is 30.1 Å². The van der Waals surface area contributed by atoms with Gasteiger partial charge >= 0.3 is 0 Å². The quantitative estimate of drug-likeness (QED) is 0.897. The summed E-state index contributed by atoms with van der Waals surface area (Å²) < 4.78 is 18.5. The van der Waals surface area contributed by atoms with Crippen LogP contribution in [-0.4, -0.2) is 24.3 Å². The van der Waals surface area contributed by atoms with Gasteiger partial charge in [-0.2, -0.15) is 0 Å². The molecule has 0 radical (unpaired) electrons. The highest BCUT2D eigenvalue weighted by molar-refractivity contribution is 5.99. The van der Waals surface area contributed by atoms with Crippen LogP contribution in [0.4, 0.5) is 4.39 Å². The standard InChI is InChI=1S/C15H18FNO3/c1-10(20-13-5-3-4-11(16)6-13)9-17-14(19)15(2)7-12(18)8-15/h3-6,10H,7-9H2,1-2H3,(H,17,19). The molecule has 1 saturated carbocycles. The first-order valence-electron chi connectivity index (χ1n) is 6.61. The van der Waals surface area contributed by atoms with Gasteiger partial charge in [0.15, 0.2) is 0 Å². The molecule has 0 aromatic heterocycles. The van der Waals surface area contributed by atoms with Gasteiger partial charge in [0.1, 0.15) is 23.5 Å². The Balaban J connectivity index is 1.79. The number of hydrogen-bond acceptors (Lipinski definition) is 3. The second-order valence-electron chi connectivity index (χ2n) is 5.55. The normalized spacial score (nSPS) is 18.1. The van der Waals surface area contributed by atoms with Crippen LogP contribution in [0.1, 0.15) is 26.7 Å². The molecule has 1 aromatic carbocycles. The fraction of sp³-hybridized carbons (Fsp3) is 0.467. The van der Waals surface area contributed by atoms with Crippen LogP contribution in [0.3, 0.4) is 0 Å². The van der Waals surface area contributed by atoms with Crippen molar-refractivity contribution >= 4 is 11.7 Å². The molecule has 1 atom stereocenters. The number of carbonyl (C=O) groups excluding carboxylic acids is 2. The molecular weight excluding hydrogens is 261 g/mol. The van der Waals surface area contributed by atoms with Crippen molar-refractivity contribution in [2.75, 3.05) is 6.54 Å². The highest BCUT2D eigenvalue weighted by Crippen LogP contribution is 2.37. The third-order valence-corrected chi connectivity index (χ3v) is 3.41. The lowest BCUT2D eigenvalue weighted by Crippen LogP contribution is -2.49. The summed E-state index contributed by atoms with van der Waals surface area (Å²) >= 11 is 0. The molecule has 1 fully saturated rings. The molecule has 1 N–H and O–H groups in total. The fourth-order valence-corrected chi connectivity index (χ4v) is 2.24. The third-order valence-electron chi connectivity index (χ3n) is 3.41. The molecule has 4 nitrogen and oxygen atoms in total.